The Hall–Kier alpha value is -1.62. The van der Waals surface area contributed by atoms with Gasteiger partial charge in [0, 0.05) is 38.4 Å². The van der Waals surface area contributed by atoms with Crippen LogP contribution in [0.25, 0.3) is 0 Å². The van der Waals surface area contributed by atoms with Crippen LogP contribution in [0.3, 0.4) is 0 Å². The van der Waals surface area contributed by atoms with Crippen LogP contribution < -0.4 is 10.2 Å². The smallest absolute Gasteiger partial charge is 0.0381 e. The Morgan fingerprint density at radius 1 is 1.40 bits per heavy atom. The van der Waals surface area contributed by atoms with E-state index >= 15 is 0 Å². The molecule has 15 heavy (non-hydrogen) atoms. The first-order chi connectivity index (χ1) is 7.24. The summed E-state index contributed by atoms with van der Waals surface area (Å²) >= 11 is 0. The molecule has 1 aromatic carbocycles. The quantitative estimate of drug-likeness (QED) is 0.583. The van der Waals surface area contributed by atoms with E-state index in [1.54, 1.807) is 0 Å². The van der Waals surface area contributed by atoms with Crippen molar-refractivity contribution < 1.29 is 0 Å². The SMILES string of the molecule is C#CCCCNc1cccc(N(C)C)c1. The number of terminal acetylenes is 1. The zero-order valence-corrected chi connectivity index (χ0v) is 9.46. The van der Waals surface area contributed by atoms with Gasteiger partial charge in [-0.25, -0.2) is 0 Å². The van der Waals surface area contributed by atoms with Gasteiger partial charge < -0.3 is 10.2 Å². The molecule has 1 aromatic rings. The molecule has 0 saturated heterocycles. The Morgan fingerprint density at radius 3 is 2.87 bits per heavy atom. The van der Waals surface area contributed by atoms with Gasteiger partial charge in [0.2, 0.25) is 0 Å². The van der Waals surface area contributed by atoms with Crippen molar-refractivity contribution in [3.05, 3.63) is 24.3 Å². The summed E-state index contributed by atoms with van der Waals surface area (Å²) in [6, 6.07) is 8.35. The molecule has 0 radical (unpaired) electrons. The first-order valence-corrected chi connectivity index (χ1v) is 5.19. The lowest BCUT2D eigenvalue weighted by atomic mass is 10.2. The Balaban J connectivity index is 2.48. The van der Waals surface area contributed by atoms with Crippen molar-refractivity contribution >= 4 is 11.4 Å². The van der Waals surface area contributed by atoms with Crippen LogP contribution in [0.2, 0.25) is 0 Å². The van der Waals surface area contributed by atoms with Gasteiger partial charge in [-0.1, -0.05) is 6.07 Å². The molecule has 0 aliphatic heterocycles. The minimum absolute atomic E-state index is 0.834. The molecule has 0 saturated carbocycles. The molecule has 0 aliphatic rings. The third-order valence-corrected chi connectivity index (χ3v) is 2.19. The van der Waals surface area contributed by atoms with Crippen molar-refractivity contribution in [3.63, 3.8) is 0 Å². The van der Waals surface area contributed by atoms with Gasteiger partial charge in [-0.15, -0.1) is 12.3 Å². The molecule has 0 atom stereocenters. The minimum Gasteiger partial charge on any atom is -0.385 e. The lowest BCUT2D eigenvalue weighted by Gasteiger charge is -2.14. The largest absolute Gasteiger partial charge is 0.385 e. The van der Waals surface area contributed by atoms with Crippen molar-refractivity contribution in [2.24, 2.45) is 0 Å². The minimum atomic E-state index is 0.834. The van der Waals surface area contributed by atoms with Gasteiger partial charge in [0.05, 0.1) is 0 Å². The highest BCUT2D eigenvalue weighted by Crippen LogP contribution is 2.17. The van der Waals surface area contributed by atoms with Gasteiger partial charge in [0.15, 0.2) is 0 Å². The monoisotopic (exact) mass is 202 g/mol. The fraction of sp³-hybridized carbons (Fsp3) is 0.385. The molecule has 1 rings (SSSR count). The molecule has 0 amide bonds. The Bertz CT molecular complexity index is 337. The molecule has 0 heterocycles. The molecule has 0 bridgehead atoms. The lowest BCUT2D eigenvalue weighted by molar-refractivity contribution is 0.907. The predicted octanol–water partition coefficient (Wildman–Crippen LogP) is 2.58. The van der Waals surface area contributed by atoms with Crippen LogP contribution in [0, 0.1) is 12.3 Å². The maximum absolute atomic E-state index is 5.19. The summed E-state index contributed by atoms with van der Waals surface area (Å²) in [6.45, 7) is 0.932. The number of unbranched alkanes of at least 4 members (excludes halogenated alkanes) is 1. The molecule has 1 N–H and O–H groups in total. The third kappa shape index (κ3) is 3.95. The number of hydrogen-bond acceptors (Lipinski definition) is 2. The normalized spacial score (nSPS) is 9.40. The maximum Gasteiger partial charge on any atom is 0.0381 e. The van der Waals surface area contributed by atoms with Crippen molar-refractivity contribution in [2.45, 2.75) is 12.8 Å². The fourth-order valence-corrected chi connectivity index (χ4v) is 1.32. The number of rotatable bonds is 5. The van der Waals surface area contributed by atoms with Gasteiger partial charge in [-0.3, -0.25) is 0 Å². The average Bonchev–Trinajstić information content (AvgIpc) is 2.25. The standard InChI is InChI=1S/C13H18N2/c1-4-5-6-10-14-12-8-7-9-13(11-12)15(2)3/h1,7-9,11,14H,5-6,10H2,2-3H3. The van der Waals surface area contributed by atoms with Gasteiger partial charge in [0.1, 0.15) is 0 Å². The van der Waals surface area contributed by atoms with Crippen molar-refractivity contribution in [1.29, 1.82) is 0 Å². The summed E-state index contributed by atoms with van der Waals surface area (Å²) in [5, 5.41) is 3.35. The number of nitrogens with zero attached hydrogens (tertiary/aromatic N) is 1. The topological polar surface area (TPSA) is 15.3 Å². The number of nitrogens with one attached hydrogen (secondary N) is 1. The van der Waals surface area contributed by atoms with Crippen molar-refractivity contribution in [2.75, 3.05) is 30.9 Å². The van der Waals surface area contributed by atoms with Crippen LogP contribution in [0.15, 0.2) is 24.3 Å². The molecular weight excluding hydrogens is 184 g/mol. The summed E-state index contributed by atoms with van der Waals surface area (Å²) in [7, 11) is 4.08. The zero-order valence-electron chi connectivity index (χ0n) is 9.46. The second-order valence-corrected chi connectivity index (χ2v) is 3.68. The molecule has 80 valence electrons. The predicted molar refractivity (Wildman–Crippen MR) is 67.3 cm³/mol. The second kappa shape index (κ2) is 5.98. The summed E-state index contributed by atoms with van der Waals surface area (Å²) in [6.07, 6.45) is 7.04. The highest BCUT2D eigenvalue weighted by molar-refractivity contribution is 5.57. The highest BCUT2D eigenvalue weighted by Gasteiger charge is 1.96. The molecule has 0 fully saturated rings. The molecule has 2 nitrogen and oxygen atoms in total. The van der Waals surface area contributed by atoms with Gasteiger partial charge in [-0.05, 0) is 24.6 Å². The molecular formula is C13H18N2. The second-order valence-electron chi connectivity index (χ2n) is 3.68. The first-order valence-electron chi connectivity index (χ1n) is 5.19. The summed E-state index contributed by atoms with van der Waals surface area (Å²) in [5.41, 5.74) is 2.36. The summed E-state index contributed by atoms with van der Waals surface area (Å²) in [4.78, 5) is 2.09. The number of hydrogen-bond donors (Lipinski definition) is 1. The van der Waals surface area contributed by atoms with Crippen LogP contribution in [-0.4, -0.2) is 20.6 Å². The lowest BCUT2D eigenvalue weighted by Crippen LogP contribution is -2.09. The Morgan fingerprint density at radius 2 is 2.20 bits per heavy atom. The third-order valence-electron chi connectivity index (χ3n) is 2.19. The fourth-order valence-electron chi connectivity index (χ4n) is 1.32. The molecule has 0 unspecified atom stereocenters. The molecule has 0 spiro atoms. The van der Waals surface area contributed by atoms with E-state index in [0.29, 0.717) is 0 Å². The molecule has 0 aromatic heterocycles. The van der Waals surface area contributed by atoms with Crippen LogP contribution in [0.1, 0.15) is 12.8 Å². The Kier molecular flexibility index (Phi) is 4.56. The summed E-state index contributed by atoms with van der Waals surface area (Å²) < 4.78 is 0. The first kappa shape index (κ1) is 11.5. The van der Waals surface area contributed by atoms with E-state index in [2.05, 4.69) is 40.4 Å². The molecule has 0 aliphatic carbocycles. The highest BCUT2D eigenvalue weighted by atomic mass is 15.1. The van der Waals surface area contributed by atoms with E-state index < -0.39 is 0 Å². The average molecular weight is 202 g/mol. The van der Waals surface area contributed by atoms with Crippen LogP contribution in [-0.2, 0) is 0 Å². The van der Waals surface area contributed by atoms with E-state index in [4.69, 9.17) is 6.42 Å². The summed E-state index contributed by atoms with van der Waals surface area (Å²) in [5.74, 6) is 2.64. The van der Waals surface area contributed by atoms with Gasteiger partial charge >= 0.3 is 0 Å². The number of benzene rings is 1. The van der Waals surface area contributed by atoms with Crippen LogP contribution in [0.5, 0.6) is 0 Å². The van der Waals surface area contributed by atoms with Crippen molar-refractivity contribution in [3.8, 4) is 12.3 Å². The van der Waals surface area contributed by atoms with E-state index in [1.807, 2.05) is 14.1 Å². The van der Waals surface area contributed by atoms with Crippen LogP contribution >= 0.6 is 0 Å². The van der Waals surface area contributed by atoms with Crippen LogP contribution in [0.4, 0.5) is 11.4 Å². The van der Waals surface area contributed by atoms with Gasteiger partial charge in [0.25, 0.3) is 0 Å². The maximum atomic E-state index is 5.19. The van der Waals surface area contributed by atoms with Gasteiger partial charge in [-0.2, -0.15) is 0 Å². The van der Waals surface area contributed by atoms with E-state index in [1.165, 1.54) is 5.69 Å². The van der Waals surface area contributed by atoms with E-state index in [-0.39, 0.29) is 0 Å². The van der Waals surface area contributed by atoms with E-state index in [9.17, 15) is 0 Å². The van der Waals surface area contributed by atoms with E-state index in [0.717, 1.165) is 25.1 Å². The Labute approximate surface area is 92.3 Å². The molecule has 2 heteroatoms. The van der Waals surface area contributed by atoms with Crippen molar-refractivity contribution in [1.82, 2.24) is 0 Å². The number of anilines is 2. The zero-order chi connectivity index (χ0) is 11.1.